The number of thiophene rings is 1. The van der Waals surface area contributed by atoms with E-state index in [1.54, 1.807) is 30.3 Å². The van der Waals surface area contributed by atoms with Gasteiger partial charge in [-0.05, 0) is 31.4 Å². The summed E-state index contributed by atoms with van der Waals surface area (Å²) in [4.78, 5) is 20.4. The van der Waals surface area contributed by atoms with E-state index in [1.807, 2.05) is 0 Å². The lowest BCUT2D eigenvalue weighted by Gasteiger charge is -2.16. The summed E-state index contributed by atoms with van der Waals surface area (Å²) in [5.41, 5.74) is 0. The summed E-state index contributed by atoms with van der Waals surface area (Å²) < 4.78 is 5.63. The Morgan fingerprint density at radius 3 is 2.79 bits per heavy atom. The third kappa shape index (κ3) is 6.13. The molecule has 0 spiro atoms. The fourth-order valence-electron chi connectivity index (χ4n) is 2.36. The van der Waals surface area contributed by atoms with Crippen molar-refractivity contribution in [1.82, 2.24) is 15.5 Å². The standard InChI is InChI=1S/C17H28N4O2S/c1-4-14-7-8-15(24-14)11-19-17(20-12-16(22)21(2)3)18-10-13-6-5-9-23-13/h7-8,13H,4-6,9-12H2,1-3H3,(H2,18,19,20). The van der Waals surface area contributed by atoms with E-state index < -0.39 is 0 Å². The maximum atomic E-state index is 11.8. The number of hydrogen-bond acceptors (Lipinski definition) is 4. The van der Waals surface area contributed by atoms with Crippen LogP contribution in [0.1, 0.15) is 29.5 Å². The number of aryl methyl sites for hydroxylation is 1. The fourth-order valence-corrected chi connectivity index (χ4v) is 3.25. The van der Waals surface area contributed by atoms with Gasteiger partial charge in [-0.25, -0.2) is 4.99 Å². The molecule has 0 bridgehead atoms. The fraction of sp³-hybridized carbons (Fsp3) is 0.647. The zero-order chi connectivity index (χ0) is 17.4. The van der Waals surface area contributed by atoms with Crippen LogP contribution in [0, 0.1) is 0 Å². The first kappa shape index (κ1) is 18.7. The quantitative estimate of drug-likeness (QED) is 0.578. The van der Waals surface area contributed by atoms with Crippen LogP contribution < -0.4 is 10.6 Å². The molecular weight excluding hydrogens is 324 g/mol. The molecule has 1 fully saturated rings. The van der Waals surface area contributed by atoms with E-state index in [0.29, 0.717) is 19.0 Å². The molecule has 1 saturated heterocycles. The SMILES string of the molecule is CCc1ccc(CNC(=NCC(=O)N(C)C)NCC2CCCO2)s1. The van der Waals surface area contributed by atoms with Gasteiger partial charge in [0.25, 0.3) is 0 Å². The number of amides is 1. The van der Waals surface area contributed by atoms with E-state index in [0.717, 1.165) is 25.9 Å². The first-order chi connectivity index (χ1) is 11.6. The molecule has 1 amide bonds. The van der Waals surface area contributed by atoms with E-state index in [9.17, 15) is 4.79 Å². The van der Waals surface area contributed by atoms with Gasteiger partial charge in [0.05, 0.1) is 12.6 Å². The highest BCUT2D eigenvalue weighted by molar-refractivity contribution is 7.11. The normalized spacial score (nSPS) is 17.8. The number of ether oxygens (including phenoxy) is 1. The van der Waals surface area contributed by atoms with Crippen molar-refractivity contribution in [2.24, 2.45) is 4.99 Å². The highest BCUT2D eigenvalue weighted by Gasteiger charge is 2.16. The van der Waals surface area contributed by atoms with Gasteiger partial charge < -0.3 is 20.3 Å². The van der Waals surface area contributed by atoms with E-state index in [2.05, 4.69) is 34.7 Å². The Kier molecular flexibility index (Phi) is 7.52. The predicted molar refractivity (Wildman–Crippen MR) is 98.5 cm³/mol. The second-order valence-electron chi connectivity index (χ2n) is 6.04. The van der Waals surface area contributed by atoms with Crippen LogP contribution >= 0.6 is 11.3 Å². The Bertz CT molecular complexity index is 551. The van der Waals surface area contributed by atoms with Crippen LogP contribution in [0.4, 0.5) is 0 Å². The van der Waals surface area contributed by atoms with Crippen molar-refractivity contribution in [3.05, 3.63) is 21.9 Å². The van der Waals surface area contributed by atoms with Crippen molar-refractivity contribution >= 4 is 23.2 Å². The first-order valence-corrected chi connectivity index (χ1v) is 9.31. The van der Waals surface area contributed by atoms with Crippen molar-refractivity contribution in [3.63, 3.8) is 0 Å². The van der Waals surface area contributed by atoms with Crippen molar-refractivity contribution in [2.45, 2.75) is 38.8 Å². The molecule has 1 unspecified atom stereocenters. The molecule has 2 N–H and O–H groups in total. The topological polar surface area (TPSA) is 66.0 Å². The molecule has 7 heteroatoms. The van der Waals surface area contributed by atoms with Gasteiger partial charge in [-0.15, -0.1) is 11.3 Å². The van der Waals surface area contributed by atoms with Gasteiger partial charge in [0, 0.05) is 37.0 Å². The molecule has 1 atom stereocenters. The van der Waals surface area contributed by atoms with Crippen molar-refractivity contribution < 1.29 is 9.53 Å². The second-order valence-corrected chi connectivity index (χ2v) is 7.30. The maximum Gasteiger partial charge on any atom is 0.243 e. The van der Waals surface area contributed by atoms with Crippen LogP contribution in [0.2, 0.25) is 0 Å². The number of hydrogen-bond donors (Lipinski definition) is 2. The number of nitrogens with one attached hydrogen (secondary N) is 2. The molecule has 1 aliphatic rings. The monoisotopic (exact) mass is 352 g/mol. The smallest absolute Gasteiger partial charge is 0.243 e. The summed E-state index contributed by atoms with van der Waals surface area (Å²) in [5.74, 6) is 0.643. The predicted octanol–water partition coefficient (Wildman–Crippen LogP) is 1.61. The third-order valence-electron chi connectivity index (χ3n) is 3.89. The number of nitrogens with zero attached hydrogens (tertiary/aromatic N) is 2. The summed E-state index contributed by atoms with van der Waals surface area (Å²) in [6.45, 7) is 4.55. The lowest BCUT2D eigenvalue weighted by molar-refractivity contribution is -0.127. The lowest BCUT2D eigenvalue weighted by Crippen LogP contribution is -2.41. The maximum absolute atomic E-state index is 11.8. The van der Waals surface area contributed by atoms with Gasteiger partial charge in [-0.1, -0.05) is 6.92 Å². The summed E-state index contributed by atoms with van der Waals surface area (Å²) in [6.07, 6.45) is 3.47. The number of carbonyl (C=O) groups is 1. The van der Waals surface area contributed by atoms with Crippen LogP contribution in [0.25, 0.3) is 0 Å². The Morgan fingerprint density at radius 2 is 2.17 bits per heavy atom. The molecule has 134 valence electrons. The van der Waals surface area contributed by atoms with Gasteiger partial charge in [0.15, 0.2) is 5.96 Å². The van der Waals surface area contributed by atoms with Gasteiger partial charge >= 0.3 is 0 Å². The Morgan fingerprint density at radius 1 is 1.38 bits per heavy atom. The number of aliphatic imine (C=N–C) groups is 1. The Labute approximate surface area is 148 Å². The number of likely N-dealkylation sites (N-methyl/N-ethyl adjacent to an activating group) is 1. The van der Waals surface area contributed by atoms with Gasteiger partial charge in [-0.3, -0.25) is 4.79 Å². The molecule has 6 nitrogen and oxygen atoms in total. The zero-order valence-electron chi connectivity index (χ0n) is 14.8. The summed E-state index contributed by atoms with van der Waals surface area (Å²) in [5, 5.41) is 6.61. The highest BCUT2D eigenvalue weighted by atomic mass is 32.1. The molecule has 1 aromatic rings. The number of rotatable bonds is 7. The summed E-state index contributed by atoms with van der Waals surface area (Å²) in [6, 6.07) is 4.30. The minimum atomic E-state index is -0.0161. The van der Waals surface area contributed by atoms with Gasteiger partial charge in [-0.2, -0.15) is 0 Å². The number of guanidine groups is 1. The van der Waals surface area contributed by atoms with E-state index in [-0.39, 0.29) is 18.6 Å². The van der Waals surface area contributed by atoms with Crippen LogP contribution in [-0.4, -0.2) is 56.7 Å². The summed E-state index contributed by atoms with van der Waals surface area (Å²) in [7, 11) is 3.48. The average molecular weight is 353 g/mol. The molecule has 1 aliphatic heterocycles. The van der Waals surface area contributed by atoms with Crippen LogP contribution in [0.3, 0.4) is 0 Å². The second kappa shape index (κ2) is 9.64. The van der Waals surface area contributed by atoms with E-state index >= 15 is 0 Å². The minimum absolute atomic E-state index is 0.0161. The Hall–Kier alpha value is -1.60. The Balaban J connectivity index is 1.89. The number of carbonyl (C=O) groups excluding carboxylic acids is 1. The van der Waals surface area contributed by atoms with Crippen molar-refractivity contribution in [2.75, 3.05) is 33.8 Å². The largest absolute Gasteiger partial charge is 0.376 e. The van der Waals surface area contributed by atoms with E-state index in [4.69, 9.17) is 4.74 Å². The molecule has 1 aromatic heterocycles. The van der Waals surface area contributed by atoms with Gasteiger partial charge in [0.1, 0.15) is 6.54 Å². The van der Waals surface area contributed by atoms with Crippen LogP contribution in [0.5, 0.6) is 0 Å². The minimum Gasteiger partial charge on any atom is -0.376 e. The first-order valence-electron chi connectivity index (χ1n) is 8.50. The lowest BCUT2D eigenvalue weighted by atomic mass is 10.2. The molecule has 0 aromatic carbocycles. The molecule has 24 heavy (non-hydrogen) atoms. The molecule has 0 aliphatic carbocycles. The molecule has 2 heterocycles. The summed E-state index contributed by atoms with van der Waals surface area (Å²) >= 11 is 1.80. The van der Waals surface area contributed by atoms with Crippen molar-refractivity contribution in [3.8, 4) is 0 Å². The van der Waals surface area contributed by atoms with Crippen LogP contribution in [0.15, 0.2) is 17.1 Å². The molecular formula is C17H28N4O2S. The molecule has 0 radical (unpaired) electrons. The van der Waals surface area contributed by atoms with Crippen LogP contribution in [-0.2, 0) is 22.5 Å². The van der Waals surface area contributed by atoms with Gasteiger partial charge in [0.2, 0.25) is 5.91 Å². The van der Waals surface area contributed by atoms with Crippen molar-refractivity contribution in [1.29, 1.82) is 0 Å². The third-order valence-corrected chi connectivity index (χ3v) is 5.12. The zero-order valence-corrected chi connectivity index (χ0v) is 15.6. The average Bonchev–Trinajstić information content (AvgIpc) is 3.25. The highest BCUT2D eigenvalue weighted by Crippen LogP contribution is 2.16. The molecule has 2 rings (SSSR count). The van der Waals surface area contributed by atoms with E-state index in [1.165, 1.54) is 9.75 Å². The molecule has 0 saturated carbocycles.